The Balaban J connectivity index is 2.67. The van der Waals surface area contributed by atoms with E-state index in [1.807, 2.05) is 6.07 Å². The van der Waals surface area contributed by atoms with E-state index in [-0.39, 0.29) is 11.8 Å². The lowest BCUT2D eigenvalue weighted by Crippen LogP contribution is -2.48. The van der Waals surface area contributed by atoms with E-state index in [9.17, 15) is 14.4 Å². The third kappa shape index (κ3) is 5.91. The number of urea groups is 1. The summed E-state index contributed by atoms with van der Waals surface area (Å²) in [6, 6.07) is 7.52. The van der Waals surface area contributed by atoms with Crippen molar-refractivity contribution in [2.24, 2.45) is 5.92 Å². The van der Waals surface area contributed by atoms with Gasteiger partial charge in [0.15, 0.2) is 6.10 Å². The van der Waals surface area contributed by atoms with Crippen molar-refractivity contribution in [3.8, 4) is 0 Å². The summed E-state index contributed by atoms with van der Waals surface area (Å²) in [5.41, 5.74) is 0.613. The van der Waals surface area contributed by atoms with Crippen molar-refractivity contribution in [2.45, 2.75) is 32.9 Å². The quantitative estimate of drug-likeness (QED) is 0.777. The van der Waals surface area contributed by atoms with E-state index in [2.05, 4.69) is 10.6 Å². The number of hydrogen-bond donors (Lipinski definition) is 2. The highest BCUT2D eigenvalue weighted by atomic mass is 16.5. The van der Waals surface area contributed by atoms with Crippen LogP contribution in [0.25, 0.3) is 0 Å². The van der Waals surface area contributed by atoms with Gasteiger partial charge >= 0.3 is 12.0 Å². The van der Waals surface area contributed by atoms with E-state index >= 15 is 0 Å². The number of nitrogens with one attached hydrogen (secondary N) is 2. The molecule has 2 atom stereocenters. The molecule has 0 spiro atoms. The molecule has 7 nitrogen and oxygen atoms in total. The van der Waals surface area contributed by atoms with Crippen LogP contribution in [0.15, 0.2) is 30.3 Å². The fourth-order valence-electron chi connectivity index (χ4n) is 1.99. The molecule has 0 radical (unpaired) electrons. The second-order valence-electron chi connectivity index (χ2n) is 6.00. The second-order valence-corrected chi connectivity index (χ2v) is 6.00. The Morgan fingerprint density at radius 3 is 2.12 bits per heavy atom. The number of esters is 1. The number of hydrogen-bond acceptors (Lipinski definition) is 4. The minimum absolute atomic E-state index is 0.194. The summed E-state index contributed by atoms with van der Waals surface area (Å²) < 4.78 is 5.18. The smallest absolute Gasteiger partial charge is 0.329 e. The molecule has 2 N–H and O–H groups in total. The summed E-state index contributed by atoms with van der Waals surface area (Å²) in [6.07, 6.45) is -0.910. The molecule has 0 saturated carbocycles. The van der Waals surface area contributed by atoms with Gasteiger partial charge in [0.05, 0.1) is 0 Å². The van der Waals surface area contributed by atoms with Crippen molar-refractivity contribution < 1.29 is 19.1 Å². The fourth-order valence-corrected chi connectivity index (χ4v) is 1.99. The lowest BCUT2D eigenvalue weighted by Gasteiger charge is -2.24. The molecule has 0 unspecified atom stereocenters. The average molecular weight is 335 g/mol. The van der Waals surface area contributed by atoms with E-state index in [1.165, 1.54) is 11.8 Å². The molecule has 0 bridgehead atoms. The number of ether oxygens (including phenoxy) is 1. The lowest BCUT2D eigenvalue weighted by atomic mass is 10.0. The molecule has 0 heterocycles. The number of likely N-dealkylation sites (N-methyl/N-ethyl adjacent to an activating group) is 1. The molecular formula is C17H25N3O4. The predicted octanol–water partition coefficient (Wildman–Crippen LogP) is 1.85. The number of amides is 3. The summed E-state index contributed by atoms with van der Waals surface area (Å²) in [4.78, 5) is 37.5. The standard InChI is InChI=1S/C17H25N3O4/c1-11(2)14(16(22)24-12(3)15(21)20(4)5)19-17(23)18-13-9-7-6-8-10-13/h6-12,14H,1-5H3,(H2,18,19,23)/t12-,14-/m1/s1. The maximum atomic E-state index is 12.3. The van der Waals surface area contributed by atoms with Gasteiger partial charge in [-0.15, -0.1) is 0 Å². The summed E-state index contributed by atoms with van der Waals surface area (Å²) >= 11 is 0. The number of rotatable bonds is 6. The van der Waals surface area contributed by atoms with Crippen LogP contribution in [0.5, 0.6) is 0 Å². The molecule has 1 aromatic carbocycles. The maximum Gasteiger partial charge on any atom is 0.329 e. The molecule has 132 valence electrons. The SMILES string of the molecule is CC(C)[C@@H](NC(=O)Nc1ccccc1)C(=O)O[C@H](C)C(=O)N(C)C. The Kier molecular flexibility index (Phi) is 7.23. The number of benzene rings is 1. The first-order chi connectivity index (χ1) is 11.2. The monoisotopic (exact) mass is 335 g/mol. The minimum Gasteiger partial charge on any atom is -0.451 e. The highest BCUT2D eigenvalue weighted by Crippen LogP contribution is 2.09. The van der Waals surface area contributed by atoms with Gasteiger partial charge in [-0.1, -0.05) is 32.0 Å². The number of carbonyl (C=O) groups excluding carboxylic acids is 3. The third-order valence-corrected chi connectivity index (χ3v) is 3.32. The molecule has 1 aromatic rings. The summed E-state index contributed by atoms with van der Waals surface area (Å²) in [7, 11) is 3.16. The van der Waals surface area contributed by atoms with Gasteiger partial charge in [-0.2, -0.15) is 0 Å². The zero-order valence-electron chi connectivity index (χ0n) is 14.7. The third-order valence-electron chi connectivity index (χ3n) is 3.32. The van der Waals surface area contributed by atoms with Crippen molar-refractivity contribution in [1.29, 1.82) is 0 Å². The van der Waals surface area contributed by atoms with Crippen molar-refractivity contribution in [3.63, 3.8) is 0 Å². The molecule has 3 amide bonds. The number of nitrogens with zero attached hydrogens (tertiary/aromatic N) is 1. The van der Waals surface area contributed by atoms with E-state index in [4.69, 9.17) is 4.74 Å². The fraction of sp³-hybridized carbons (Fsp3) is 0.471. The van der Waals surface area contributed by atoms with Crippen molar-refractivity contribution in [2.75, 3.05) is 19.4 Å². The first-order valence-corrected chi connectivity index (χ1v) is 7.76. The largest absolute Gasteiger partial charge is 0.451 e. The molecule has 0 aromatic heterocycles. The van der Waals surface area contributed by atoms with E-state index in [1.54, 1.807) is 52.2 Å². The van der Waals surface area contributed by atoms with Gasteiger partial charge < -0.3 is 20.3 Å². The van der Waals surface area contributed by atoms with Crippen LogP contribution in [0.4, 0.5) is 10.5 Å². The average Bonchev–Trinajstić information content (AvgIpc) is 2.52. The Morgan fingerprint density at radius 2 is 1.62 bits per heavy atom. The van der Waals surface area contributed by atoms with Crippen LogP contribution in [0.1, 0.15) is 20.8 Å². The number of anilines is 1. The normalized spacial score (nSPS) is 12.9. The van der Waals surface area contributed by atoms with Gasteiger partial charge in [0.1, 0.15) is 6.04 Å². The van der Waals surface area contributed by atoms with Crippen molar-refractivity contribution in [3.05, 3.63) is 30.3 Å². The van der Waals surface area contributed by atoms with E-state index < -0.39 is 24.1 Å². The first-order valence-electron chi connectivity index (χ1n) is 7.76. The molecule has 0 aliphatic rings. The van der Waals surface area contributed by atoms with Crippen LogP contribution in [-0.4, -0.2) is 49.0 Å². The highest BCUT2D eigenvalue weighted by molar-refractivity contribution is 5.93. The van der Waals surface area contributed by atoms with Crippen LogP contribution in [-0.2, 0) is 14.3 Å². The van der Waals surface area contributed by atoms with E-state index in [0.717, 1.165) is 0 Å². The number of para-hydroxylation sites is 1. The molecule has 0 saturated heterocycles. The predicted molar refractivity (Wildman–Crippen MR) is 91.5 cm³/mol. The van der Waals surface area contributed by atoms with Gasteiger partial charge in [-0.25, -0.2) is 9.59 Å². The number of carbonyl (C=O) groups is 3. The van der Waals surface area contributed by atoms with Crippen LogP contribution in [0.2, 0.25) is 0 Å². The van der Waals surface area contributed by atoms with Crippen LogP contribution in [0, 0.1) is 5.92 Å². The zero-order chi connectivity index (χ0) is 18.3. The van der Waals surface area contributed by atoms with Crippen molar-refractivity contribution >= 4 is 23.6 Å². The van der Waals surface area contributed by atoms with Gasteiger partial charge in [-0.3, -0.25) is 4.79 Å². The lowest BCUT2D eigenvalue weighted by molar-refractivity contribution is -0.160. The van der Waals surface area contributed by atoms with Gasteiger partial charge in [0, 0.05) is 19.8 Å². The Hall–Kier alpha value is -2.57. The topological polar surface area (TPSA) is 87.7 Å². The molecule has 7 heteroatoms. The first kappa shape index (κ1) is 19.5. The van der Waals surface area contributed by atoms with Crippen LogP contribution < -0.4 is 10.6 Å². The van der Waals surface area contributed by atoms with E-state index in [0.29, 0.717) is 5.69 Å². The second kappa shape index (κ2) is 8.90. The zero-order valence-corrected chi connectivity index (χ0v) is 14.7. The van der Waals surface area contributed by atoms with Crippen LogP contribution in [0.3, 0.4) is 0 Å². The maximum absolute atomic E-state index is 12.3. The highest BCUT2D eigenvalue weighted by Gasteiger charge is 2.29. The minimum atomic E-state index is -0.910. The van der Waals surface area contributed by atoms with Gasteiger partial charge in [0.2, 0.25) is 0 Å². The van der Waals surface area contributed by atoms with Gasteiger partial charge in [0.25, 0.3) is 5.91 Å². The Bertz CT molecular complexity index is 572. The molecule has 24 heavy (non-hydrogen) atoms. The molecule has 1 rings (SSSR count). The van der Waals surface area contributed by atoms with Gasteiger partial charge in [-0.05, 0) is 25.0 Å². The molecular weight excluding hydrogens is 310 g/mol. The Morgan fingerprint density at radius 1 is 1.04 bits per heavy atom. The molecule has 0 fully saturated rings. The summed E-state index contributed by atoms with van der Waals surface area (Å²) in [5, 5.41) is 5.23. The Labute approximate surface area is 142 Å². The molecule has 0 aliphatic heterocycles. The van der Waals surface area contributed by atoms with Crippen LogP contribution >= 0.6 is 0 Å². The van der Waals surface area contributed by atoms with Crippen molar-refractivity contribution in [1.82, 2.24) is 10.2 Å². The summed E-state index contributed by atoms with van der Waals surface area (Å²) in [6.45, 7) is 5.07. The molecule has 0 aliphatic carbocycles. The summed E-state index contributed by atoms with van der Waals surface area (Å²) in [5.74, 6) is -1.16.